The van der Waals surface area contributed by atoms with Crippen LogP contribution in [0.2, 0.25) is 0 Å². The van der Waals surface area contributed by atoms with Crippen LogP contribution in [-0.2, 0) is 13.6 Å². The Balaban J connectivity index is 1.52. The molecule has 1 unspecified atom stereocenters. The molecule has 0 aliphatic carbocycles. The molecular weight excluding hydrogens is 324 g/mol. The van der Waals surface area contributed by atoms with E-state index in [1.807, 2.05) is 50.5 Å². The van der Waals surface area contributed by atoms with E-state index in [1.54, 1.807) is 10.9 Å². The zero-order valence-corrected chi connectivity index (χ0v) is 14.2. The van der Waals surface area contributed by atoms with Crippen molar-refractivity contribution >= 4 is 17.4 Å². The maximum atomic E-state index is 12.0. The van der Waals surface area contributed by atoms with E-state index in [2.05, 4.69) is 25.9 Å². The highest BCUT2D eigenvalue weighted by Crippen LogP contribution is 2.22. The lowest BCUT2D eigenvalue weighted by molar-refractivity contribution is 0.237. The number of rotatable bonds is 5. The Morgan fingerprint density at radius 1 is 1.29 bits per heavy atom. The Bertz CT molecular complexity index is 813. The first kappa shape index (κ1) is 16.1. The summed E-state index contributed by atoms with van der Waals surface area (Å²) in [4.78, 5) is 12.0. The highest BCUT2D eigenvalue weighted by Gasteiger charge is 2.12. The van der Waals surface area contributed by atoms with Crippen molar-refractivity contribution in [3.63, 3.8) is 0 Å². The van der Waals surface area contributed by atoms with Gasteiger partial charge in [0.1, 0.15) is 10.0 Å². The Hall–Kier alpha value is -2.74. The summed E-state index contributed by atoms with van der Waals surface area (Å²) in [7, 11) is 1.84. The van der Waals surface area contributed by atoms with Crippen LogP contribution < -0.4 is 10.6 Å². The van der Waals surface area contributed by atoms with Gasteiger partial charge in [0.15, 0.2) is 0 Å². The lowest BCUT2D eigenvalue weighted by atomic mass is 10.2. The van der Waals surface area contributed by atoms with Crippen molar-refractivity contribution in [1.82, 2.24) is 30.6 Å². The minimum absolute atomic E-state index is 0.118. The van der Waals surface area contributed by atoms with E-state index in [0.717, 1.165) is 21.1 Å². The number of aromatic nitrogens is 4. The van der Waals surface area contributed by atoms with Gasteiger partial charge in [-0.3, -0.25) is 4.68 Å². The lowest BCUT2D eigenvalue weighted by Crippen LogP contribution is -2.36. The number of hydrogen-bond acceptors (Lipinski definition) is 5. The van der Waals surface area contributed by atoms with E-state index in [0.29, 0.717) is 6.54 Å². The van der Waals surface area contributed by atoms with Gasteiger partial charge < -0.3 is 10.6 Å². The average Bonchev–Trinajstić information content (AvgIpc) is 3.23. The molecule has 0 bridgehead atoms. The molecule has 0 fully saturated rings. The largest absolute Gasteiger partial charge is 0.332 e. The fourth-order valence-electron chi connectivity index (χ4n) is 2.17. The first-order valence-corrected chi connectivity index (χ1v) is 8.34. The molecule has 7 nitrogen and oxygen atoms in total. The van der Waals surface area contributed by atoms with E-state index in [1.165, 1.54) is 11.3 Å². The van der Waals surface area contributed by atoms with Crippen LogP contribution in [0.4, 0.5) is 4.79 Å². The van der Waals surface area contributed by atoms with Crippen molar-refractivity contribution in [3.05, 3.63) is 53.3 Å². The molecule has 1 aromatic carbocycles. The van der Waals surface area contributed by atoms with Gasteiger partial charge in [0.25, 0.3) is 0 Å². The Morgan fingerprint density at radius 3 is 2.79 bits per heavy atom. The predicted molar refractivity (Wildman–Crippen MR) is 92.3 cm³/mol. The Labute approximate surface area is 143 Å². The van der Waals surface area contributed by atoms with E-state index in [-0.39, 0.29) is 12.1 Å². The highest BCUT2D eigenvalue weighted by atomic mass is 32.1. The third-order valence-electron chi connectivity index (χ3n) is 3.46. The number of benzene rings is 1. The van der Waals surface area contributed by atoms with Crippen LogP contribution in [-0.4, -0.2) is 26.0 Å². The summed E-state index contributed by atoms with van der Waals surface area (Å²) in [5.74, 6) is 0. The molecule has 1 atom stereocenters. The first-order valence-electron chi connectivity index (χ1n) is 7.52. The van der Waals surface area contributed by atoms with Gasteiger partial charge in [-0.15, -0.1) is 10.2 Å². The SMILES string of the molecule is CC(NC(=O)NCc1nnc(-c2ccccc2)s1)c1cnn(C)c1. The van der Waals surface area contributed by atoms with Gasteiger partial charge in [-0.2, -0.15) is 5.10 Å². The monoisotopic (exact) mass is 342 g/mol. The number of amides is 2. The molecule has 3 rings (SSSR count). The number of aryl methyl sites for hydroxylation is 1. The van der Waals surface area contributed by atoms with E-state index in [9.17, 15) is 4.79 Å². The van der Waals surface area contributed by atoms with E-state index >= 15 is 0 Å². The van der Waals surface area contributed by atoms with Gasteiger partial charge in [-0.1, -0.05) is 41.7 Å². The molecule has 24 heavy (non-hydrogen) atoms. The van der Waals surface area contributed by atoms with Crippen molar-refractivity contribution in [3.8, 4) is 10.6 Å². The van der Waals surface area contributed by atoms with Gasteiger partial charge in [0.2, 0.25) is 0 Å². The average molecular weight is 342 g/mol. The van der Waals surface area contributed by atoms with Crippen molar-refractivity contribution < 1.29 is 4.79 Å². The molecule has 2 N–H and O–H groups in total. The molecule has 2 heterocycles. The number of urea groups is 1. The summed E-state index contributed by atoms with van der Waals surface area (Å²) in [5, 5.41) is 19.7. The summed E-state index contributed by atoms with van der Waals surface area (Å²) in [6.07, 6.45) is 3.61. The maximum Gasteiger partial charge on any atom is 0.315 e. The highest BCUT2D eigenvalue weighted by molar-refractivity contribution is 7.14. The normalized spacial score (nSPS) is 11.9. The number of nitrogens with zero attached hydrogens (tertiary/aromatic N) is 4. The first-order chi connectivity index (χ1) is 11.6. The fourth-order valence-corrected chi connectivity index (χ4v) is 2.96. The molecule has 3 aromatic rings. The summed E-state index contributed by atoms with van der Waals surface area (Å²) in [5.41, 5.74) is 1.98. The van der Waals surface area contributed by atoms with Gasteiger partial charge in [-0.05, 0) is 6.92 Å². The minimum Gasteiger partial charge on any atom is -0.332 e. The maximum absolute atomic E-state index is 12.0. The Kier molecular flexibility index (Phi) is 4.85. The summed E-state index contributed by atoms with van der Waals surface area (Å²) < 4.78 is 1.71. The molecule has 0 saturated heterocycles. The number of carbonyl (C=O) groups is 1. The number of hydrogen-bond donors (Lipinski definition) is 2. The van der Waals surface area contributed by atoms with Gasteiger partial charge in [0.05, 0.1) is 18.8 Å². The molecule has 2 amide bonds. The zero-order valence-electron chi connectivity index (χ0n) is 13.4. The van der Waals surface area contributed by atoms with Crippen LogP contribution in [0.1, 0.15) is 23.5 Å². The quantitative estimate of drug-likeness (QED) is 0.746. The smallest absolute Gasteiger partial charge is 0.315 e. The van der Waals surface area contributed by atoms with Gasteiger partial charge in [0, 0.05) is 24.4 Å². The predicted octanol–water partition coefficient (Wildman–Crippen LogP) is 2.50. The number of nitrogens with one attached hydrogen (secondary N) is 2. The molecule has 0 aliphatic rings. The molecule has 8 heteroatoms. The van der Waals surface area contributed by atoms with Crippen molar-refractivity contribution in [2.45, 2.75) is 19.5 Å². The van der Waals surface area contributed by atoms with E-state index < -0.39 is 0 Å². The molecule has 124 valence electrons. The summed E-state index contributed by atoms with van der Waals surface area (Å²) in [6.45, 7) is 2.26. The third-order valence-corrected chi connectivity index (χ3v) is 4.43. The second-order valence-electron chi connectivity index (χ2n) is 5.36. The Morgan fingerprint density at radius 2 is 2.08 bits per heavy atom. The molecule has 0 saturated carbocycles. The second kappa shape index (κ2) is 7.22. The van der Waals surface area contributed by atoms with Crippen LogP contribution in [0.25, 0.3) is 10.6 Å². The van der Waals surface area contributed by atoms with Crippen LogP contribution >= 0.6 is 11.3 Å². The second-order valence-corrected chi connectivity index (χ2v) is 6.43. The molecule has 0 aliphatic heterocycles. The van der Waals surface area contributed by atoms with Crippen molar-refractivity contribution in [1.29, 1.82) is 0 Å². The van der Waals surface area contributed by atoms with Crippen LogP contribution in [0, 0.1) is 0 Å². The van der Waals surface area contributed by atoms with E-state index in [4.69, 9.17) is 0 Å². The van der Waals surface area contributed by atoms with Crippen molar-refractivity contribution in [2.75, 3.05) is 0 Å². The number of carbonyl (C=O) groups excluding carboxylic acids is 1. The summed E-state index contributed by atoms with van der Waals surface area (Å²) >= 11 is 1.47. The molecule has 0 spiro atoms. The van der Waals surface area contributed by atoms with Gasteiger partial charge in [-0.25, -0.2) is 4.79 Å². The van der Waals surface area contributed by atoms with Crippen molar-refractivity contribution in [2.24, 2.45) is 7.05 Å². The summed E-state index contributed by atoms with van der Waals surface area (Å²) in [6, 6.07) is 9.49. The topological polar surface area (TPSA) is 84.7 Å². The standard InChI is InChI=1S/C16H18N6OS/c1-11(13-8-18-22(2)10-13)19-16(23)17-9-14-20-21-15(24-14)12-6-4-3-5-7-12/h3-8,10-11H,9H2,1-2H3,(H2,17,19,23). The van der Waals surface area contributed by atoms with Crippen LogP contribution in [0.15, 0.2) is 42.7 Å². The molecule has 0 radical (unpaired) electrons. The fraction of sp³-hybridized carbons (Fsp3) is 0.250. The molecule has 2 aromatic heterocycles. The van der Waals surface area contributed by atoms with Crippen LogP contribution in [0.3, 0.4) is 0 Å². The minimum atomic E-state index is -0.247. The van der Waals surface area contributed by atoms with Gasteiger partial charge >= 0.3 is 6.03 Å². The van der Waals surface area contributed by atoms with Crippen LogP contribution in [0.5, 0.6) is 0 Å². The lowest BCUT2D eigenvalue weighted by Gasteiger charge is -2.12. The molecular formula is C16H18N6OS. The zero-order chi connectivity index (χ0) is 16.9. The third kappa shape index (κ3) is 3.96.